The molecule has 0 radical (unpaired) electrons. The second-order valence-electron chi connectivity index (χ2n) is 5.33. The highest BCUT2D eigenvalue weighted by atomic mass is 16.4. The first-order chi connectivity index (χ1) is 9.92. The second-order valence-corrected chi connectivity index (χ2v) is 5.33. The van der Waals surface area contributed by atoms with Gasteiger partial charge in [-0.1, -0.05) is 25.5 Å². The maximum atomic E-state index is 12.0. The van der Waals surface area contributed by atoms with Gasteiger partial charge in [-0.05, 0) is 19.8 Å². The molecule has 0 aliphatic heterocycles. The Morgan fingerprint density at radius 1 is 1.19 bits per heavy atom. The van der Waals surface area contributed by atoms with Crippen LogP contribution in [0, 0.1) is 5.92 Å². The summed E-state index contributed by atoms with van der Waals surface area (Å²) in [5.74, 6) is -1.05. The largest absolute Gasteiger partial charge is 0.481 e. The Balaban J connectivity index is 3.97. The van der Waals surface area contributed by atoms with E-state index < -0.39 is 5.97 Å². The van der Waals surface area contributed by atoms with Gasteiger partial charge in [0.05, 0.1) is 12.5 Å². The molecule has 0 rings (SSSR count). The van der Waals surface area contributed by atoms with Crippen molar-refractivity contribution in [3.05, 3.63) is 25.3 Å². The van der Waals surface area contributed by atoms with E-state index in [4.69, 9.17) is 5.11 Å². The lowest BCUT2D eigenvalue weighted by Crippen LogP contribution is -2.41. The summed E-state index contributed by atoms with van der Waals surface area (Å²) in [6.07, 6.45) is 5.73. The molecule has 0 aliphatic rings. The van der Waals surface area contributed by atoms with Crippen LogP contribution in [0.1, 0.15) is 33.1 Å². The Hall–Kier alpha value is -1.62. The van der Waals surface area contributed by atoms with Crippen LogP contribution < -0.4 is 5.32 Å². The van der Waals surface area contributed by atoms with Crippen LogP contribution in [0.3, 0.4) is 0 Å². The third-order valence-electron chi connectivity index (χ3n) is 3.35. The number of rotatable bonds is 12. The van der Waals surface area contributed by atoms with Crippen LogP contribution in [0.4, 0.5) is 0 Å². The molecule has 120 valence electrons. The summed E-state index contributed by atoms with van der Waals surface area (Å²) < 4.78 is 0. The highest BCUT2D eigenvalue weighted by Crippen LogP contribution is 2.09. The molecule has 2 atom stereocenters. The molecule has 0 aromatic heterocycles. The van der Waals surface area contributed by atoms with Gasteiger partial charge in [0.2, 0.25) is 5.91 Å². The van der Waals surface area contributed by atoms with E-state index in [1.54, 1.807) is 24.0 Å². The van der Waals surface area contributed by atoms with Gasteiger partial charge in [0.1, 0.15) is 0 Å². The third-order valence-corrected chi connectivity index (χ3v) is 3.35. The number of amides is 1. The topological polar surface area (TPSA) is 69.6 Å². The minimum Gasteiger partial charge on any atom is -0.481 e. The van der Waals surface area contributed by atoms with E-state index in [0.29, 0.717) is 19.5 Å². The molecule has 1 amide bonds. The number of carboxylic acids is 1. The van der Waals surface area contributed by atoms with E-state index in [1.165, 1.54) is 0 Å². The lowest BCUT2D eigenvalue weighted by molar-refractivity contribution is -0.141. The van der Waals surface area contributed by atoms with Crippen molar-refractivity contribution >= 4 is 11.9 Å². The number of aliphatic carboxylic acids is 1. The quantitative estimate of drug-likeness (QED) is 0.541. The van der Waals surface area contributed by atoms with Gasteiger partial charge in [-0.3, -0.25) is 9.59 Å². The average Bonchev–Trinajstić information content (AvgIpc) is 2.44. The van der Waals surface area contributed by atoms with E-state index in [1.807, 2.05) is 6.92 Å². The number of nitrogens with zero attached hydrogens (tertiary/aromatic N) is 1. The molecule has 0 aromatic carbocycles. The fourth-order valence-electron chi connectivity index (χ4n) is 1.92. The van der Waals surface area contributed by atoms with E-state index in [9.17, 15) is 9.59 Å². The molecule has 0 saturated carbocycles. The zero-order chi connectivity index (χ0) is 16.3. The third kappa shape index (κ3) is 9.02. The summed E-state index contributed by atoms with van der Waals surface area (Å²) in [4.78, 5) is 24.4. The average molecular weight is 296 g/mol. The summed E-state index contributed by atoms with van der Waals surface area (Å²) in [6, 6.07) is 0.184. The first-order valence-corrected chi connectivity index (χ1v) is 7.38. The summed E-state index contributed by atoms with van der Waals surface area (Å²) >= 11 is 0. The van der Waals surface area contributed by atoms with Gasteiger partial charge in [-0.15, -0.1) is 13.2 Å². The molecular weight excluding hydrogens is 268 g/mol. The number of carbonyl (C=O) groups excluding carboxylic acids is 1. The fourth-order valence-corrected chi connectivity index (χ4v) is 1.92. The molecule has 0 heterocycles. The second kappa shape index (κ2) is 11.1. The van der Waals surface area contributed by atoms with Crippen molar-refractivity contribution in [2.75, 3.05) is 19.6 Å². The number of hydrogen-bond donors (Lipinski definition) is 2. The van der Waals surface area contributed by atoms with Crippen molar-refractivity contribution in [3.8, 4) is 0 Å². The summed E-state index contributed by atoms with van der Waals surface area (Å²) in [6.45, 7) is 12.3. The minimum absolute atomic E-state index is 0.0144. The lowest BCUT2D eigenvalue weighted by atomic mass is 10.0. The van der Waals surface area contributed by atoms with Crippen LogP contribution in [0.25, 0.3) is 0 Å². The molecule has 2 N–H and O–H groups in total. The molecule has 2 unspecified atom stereocenters. The molecule has 0 fully saturated rings. The van der Waals surface area contributed by atoms with Crippen molar-refractivity contribution in [1.82, 2.24) is 10.2 Å². The number of carboxylic acid groups (broad SMARTS) is 1. The van der Waals surface area contributed by atoms with Crippen LogP contribution in [-0.2, 0) is 9.59 Å². The first kappa shape index (κ1) is 19.4. The van der Waals surface area contributed by atoms with E-state index in [2.05, 4.69) is 18.5 Å². The van der Waals surface area contributed by atoms with Gasteiger partial charge in [0.25, 0.3) is 0 Å². The number of carbonyl (C=O) groups is 2. The van der Waals surface area contributed by atoms with Crippen molar-refractivity contribution in [1.29, 1.82) is 0 Å². The van der Waals surface area contributed by atoms with Crippen LogP contribution in [0.15, 0.2) is 25.3 Å². The van der Waals surface area contributed by atoms with Crippen molar-refractivity contribution in [2.45, 2.75) is 39.2 Å². The highest BCUT2D eigenvalue weighted by Gasteiger charge is 2.13. The smallest absolute Gasteiger partial charge is 0.306 e. The molecule has 5 nitrogen and oxygen atoms in total. The van der Waals surface area contributed by atoms with Gasteiger partial charge >= 0.3 is 5.97 Å². The normalized spacial score (nSPS) is 13.2. The molecule has 0 spiro atoms. The van der Waals surface area contributed by atoms with E-state index in [-0.39, 0.29) is 24.4 Å². The molecular formula is C16H28N2O3. The molecule has 0 aromatic rings. The fraction of sp³-hybridized carbons (Fsp3) is 0.625. The molecule has 0 aliphatic carbocycles. The number of hydrogen-bond acceptors (Lipinski definition) is 3. The van der Waals surface area contributed by atoms with Crippen LogP contribution >= 0.6 is 0 Å². The SMILES string of the molecule is C=CCN(CC=C)C(=O)CNC(C)CCCC(C)C(=O)O. The Labute approximate surface area is 127 Å². The van der Waals surface area contributed by atoms with Crippen molar-refractivity contribution in [2.24, 2.45) is 5.92 Å². The Morgan fingerprint density at radius 3 is 2.24 bits per heavy atom. The molecule has 21 heavy (non-hydrogen) atoms. The van der Waals surface area contributed by atoms with E-state index in [0.717, 1.165) is 12.8 Å². The van der Waals surface area contributed by atoms with E-state index >= 15 is 0 Å². The maximum Gasteiger partial charge on any atom is 0.306 e. The van der Waals surface area contributed by atoms with Crippen LogP contribution in [-0.4, -0.2) is 47.6 Å². The maximum absolute atomic E-state index is 12.0. The molecule has 0 bridgehead atoms. The zero-order valence-corrected chi connectivity index (χ0v) is 13.2. The summed E-state index contributed by atoms with van der Waals surface area (Å²) in [5, 5.41) is 12.0. The molecule has 5 heteroatoms. The van der Waals surface area contributed by atoms with Gasteiger partial charge in [0.15, 0.2) is 0 Å². The number of nitrogens with one attached hydrogen (secondary N) is 1. The minimum atomic E-state index is -0.754. The monoisotopic (exact) mass is 296 g/mol. The van der Waals surface area contributed by atoms with Gasteiger partial charge in [-0.2, -0.15) is 0 Å². The van der Waals surface area contributed by atoms with Crippen LogP contribution in [0.5, 0.6) is 0 Å². The Kier molecular flexibility index (Phi) is 10.2. The van der Waals surface area contributed by atoms with Crippen molar-refractivity contribution < 1.29 is 14.7 Å². The summed E-state index contributed by atoms with van der Waals surface area (Å²) in [5.41, 5.74) is 0. The Morgan fingerprint density at radius 2 is 1.76 bits per heavy atom. The first-order valence-electron chi connectivity index (χ1n) is 7.38. The van der Waals surface area contributed by atoms with Gasteiger partial charge in [0, 0.05) is 19.1 Å². The standard InChI is InChI=1S/C16H28N2O3/c1-5-10-18(11-6-2)15(19)12-17-14(4)9-7-8-13(3)16(20)21/h5-6,13-14,17H,1-2,7-12H2,3-4H3,(H,20,21). The van der Waals surface area contributed by atoms with Gasteiger partial charge in [-0.25, -0.2) is 0 Å². The molecule has 0 saturated heterocycles. The van der Waals surface area contributed by atoms with Crippen molar-refractivity contribution in [3.63, 3.8) is 0 Å². The summed E-state index contributed by atoms with van der Waals surface area (Å²) in [7, 11) is 0. The zero-order valence-electron chi connectivity index (χ0n) is 13.2. The van der Waals surface area contributed by atoms with Crippen LogP contribution in [0.2, 0.25) is 0 Å². The Bertz CT molecular complexity index is 345. The lowest BCUT2D eigenvalue weighted by Gasteiger charge is -2.21. The highest BCUT2D eigenvalue weighted by molar-refractivity contribution is 5.78. The predicted molar refractivity (Wildman–Crippen MR) is 85.1 cm³/mol. The predicted octanol–water partition coefficient (Wildman–Crippen LogP) is 2.06. The van der Waals surface area contributed by atoms with Gasteiger partial charge < -0.3 is 15.3 Å².